The van der Waals surface area contributed by atoms with Gasteiger partial charge in [0.1, 0.15) is 0 Å². The lowest BCUT2D eigenvalue weighted by Gasteiger charge is -2.38. The molecule has 21 heavy (non-hydrogen) atoms. The van der Waals surface area contributed by atoms with E-state index in [1.165, 1.54) is 0 Å². The fourth-order valence-corrected chi connectivity index (χ4v) is 4.52. The van der Waals surface area contributed by atoms with Gasteiger partial charge in [0.25, 0.3) is 0 Å². The van der Waals surface area contributed by atoms with Gasteiger partial charge in [-0.3, -0.25) is 0 Å². The van der Waals surface area contributed by atoms with E-state index < -0.39 is 0 Å². The highest BCUT2D eigenvalue weighted by molar-refractivity contribution is 6.31. The molecule has 0 radical (unpaired) electrons. The molecular weight excluding hydrogens is 284 g/mol. The van der Waals surface area contributed by atoms with Gasteiger partial charge in [0.05, 0.1) is 23.9 Å². The van der Waals surface area contributed by atoms with Crippen molar-refractivity contribution in [3.63, 3.8) is 0 Å². The first-order valence-corrected chi connectivity index (χ1v) is 8.32. The van der Waals surface area contributed by atoms with Crippen molar-refractivity contribution in [1.82, 2.24) is 0 Å². The molecule has 0 aliphatic carbocycles. The molecule has 116 valence electrons. The molecule has 2 aliphatic rings. The molecule has 0 spiro atoms. The summed E-state index contributed by atoms with van der Waals surface area (Å²) in [6.07, 6.45) is 2.38. The first-order valence-electron chi connectivity index (χ1n) is 7.94. The largest absolute Gasteiger partial charge is 0.370 e. The lowest BCUT2D eigenvalue weighted by Crippen LogP contribution is -2.45. The molecule has 0 saturated carbocycles. The Morgan fingerprint density at radius 3 is 2.67 bits per heavy atom. The molecule has 0 unspecified atom stereocenters. The fourth-order valence-electron chi connectivity index (χ4n) is 4.33. The second-order valence-corrected chi connectivity index (χ2v) is 7.54. The third-order valence-electron chi connectivity index (χ3n) is 5.62. The number of ether oxygens (including phenoxy) is 2. The van der Waals surface area contributed by atoms with Gasteiger partial charge in [-0.2, -0.15) is 0 Å². The van der Waals surface area contributed by atoms with Crippen LogP contribution in [0.15, 0.2) is 24.3 Å². The maximum absolute atomic E-state index is 6.49. The number of rotatable bonds is 4. The maximum atomic E-state index is 6.49. The van der Waals surface area contributed by atoms with Crippen LogP contribution in [0.2, 0.25) is 5.02 Å². The van der Waals surface area contributed by atoms with Crippen LogP contribution < -0.4 is 0 Å². The second kappa shape index (κ2) is 5.26. The Balaban J connectivity index is 1.76. The van der Waals surface area contributed by atoms with Gasteiger partial charge in [-0.05, 0) is 37.3 Å². The van der Waals surface area contributed by atoms with Gasteiger partial charge >= 0.3 is 0 Å². The minimum absolute atomic E-state index is 0.0140. The van der Waals surface area contributed by atoms with Crippen molar-refractivity contribution in [1.29, 1.82) is 0 Å². The quantitative estimate of drug-likeness (QED) is 0.792. The Bertz CT molecular complexity index is 530. The highest BCUT2D eigenvalue weighted by Gasteiger charge is 2.65. The maximum Gasteiger partial charge on any atom is 0.0927 e. The van der Waals surface area contributed by atoms with Crippen LogP contribution in [0.4, 0.5) is 0 Å². The number of hydrogen-bond acceptors (Lipinski definition) is 2. The zero-order chi connectivity index (χ0) is 15.3. The van der Waals surface area contributed by atoms with Crippen LogP contribution in [0, 0.1) is 11.8 Å². The van der Waals surface area contributed by atoms with Crippen molar-refractivity contribution in [2.75, 3.05) is 0 Å². The van der Waals surface area contributed by atoms with Crippen LogP contribution in [0.25, 0.3) is 0 Å². The summed E-state index contributed by atoms with van der Waals surface area (Å²) in [6, 6.07) is 7.90. The SMILES string of the molecule is CC(C)[C@]12CC[C@](C)(O1)[C@H](OCc1ccccc1Cl)[C@H]2C. The molecule has 2 bridgehead atoms. The summed E-state index contributed by atoms with van der Waals surface area (Å²) < 4.78 is 12.8. The molecule has 2 heterocycles. The Morgan fingerprint density at radius 1 is 1.33 bits per heavy atom. The number of hydrogen-bond donors (Lipinski definition) is 0. The zero-order valence-corrected chi connectivity index (χ0v) is 14.1. The van der Waals surface area contributed by atoms with E-state index in [0.717, 1.165) is 23.4 Å². The van der Waals surface area contributed by atoms with E-state index >= 15 is 0 Å². The van der Waals surface area contributed by atoms with E-state index in [2.05, 4.69) is 27.7 Å². The number of benzene rings is 1. The smallest absolute Gasteiger partial charge is 0.0927 e. The molecule has 2 aliphatic heterocycles. The van der Waals surface area contributed by atoms with Gasteiger partial charge in [-0.15, -0.1) is 0 Å². The summed E-state index contributed by atoms with van der Waals surface area (Å²) in [7, 11) is 0. The molecule has 2 saturated heterocycles. The van der Waals surface area contributed by atoms with E-state index in [1.807, 2.05) is 24.3 Å². The lowest BCUT2D eigenvalue weighted by molar-refractivity contribution is -0.0960. The van der Waals surface area contributed by atoms with Gasteiger partial charge in [0.15, 0.2) is 0 Å². The highest BCUT2D eigenvalue weighted by atomic mass is 35.5. The molecule has 2 fully saturated rings. The van der Waals surface area contributed by atoms with Crippen molar-refractivity contribution in [2.24, 2.45) is 11.8 Å². The molecule has 3 heteroatoms. The molecule has 0 aromatic heterocycles. The normalized spacial score (nSPS) is 38.4. The van der Waals surface area contributed by atoms with Crippen molar-refractivity contribution in [2.45, 2.75) is 64.4 Å². The first-order chi connectivity index (χ1) is 9.89. The highest BCUT2D eigenvalue weighted by Crippen LogP contribution is 2.58. The van der Waals surface area contributed by atoms with Crippen molar-refractivity contribution >= 4 is 11.6 Å². The van der Waals surface area contributed by atoms with Crippen LogP contribution in [0.1, 0.15) is 46.1 Å². The minimum atomic E-state index is -0.148. The predicted molar refractivity (Wildman–Crippen MR) is 85.5 cm³/mol. The summed E-state index contributed by atoms with van der Waals surface area (Å²) in [5.74, 6) is 0.932. The van der Waals surface area contributed by atoms with Crippen LogP contribution in [-0.4, -0.2) is 17.3 Å². The van der Waals surface area contributed by atoms with E-state index in [9.17, 15) is 0 Å². The van der Waals surface area contributed by atoms with Crippen LogP contribution in [0.3, 0.4) is 0 Å². The second-order valence-electron chi connectivity index (χ2n) is 7.14. The van der Waals surface area contributed by atoms with Gasteiger partial charge in [-0.25, -0.2) is 0 Å². The molecule has 2 nitrogen and oxygen atoms in total. The van der Waals surface area contributed by atoms with Gasteiger partial charge in [0.2, 0.25) is 0 Å². The van der Waals surface area contributed by atoms with Crippen molar-refractivity contribution in [3.05, 3.63) is 34.9 Å². The number of halogens is 1. The first kappa shape index (κ1) is 15.3. The lowest BCUT2D eigenvalue weighted by atomic mass is 9.69. The van der Waals surface area contributed by atoms with E-state index in [0.29, 0.717) is 18.4 Å². The van der Waals surface area contributed by atoms with Crippen LogP contribution in [0.5, 0.6) is 0 Å². The molecule has 0 amide bonds. The van der Waals surface area contributed by atoms with Crippen molar-refractivity contribution in [3.8, 4) is 0 Å². The van der Waals surface area contributed by atoms with E-state index in [-0.39, 0.29) is 17.3 Å². The predicted octanol–water partition coefficient (Wildman–Crippen LogP) is 4.84. The average molecular weight is 309 g/mol. The standard InChI is InChI=1S/C18H25ClO2/c1-12(2)18-10-9-17(4,21-18)16(13(18)3)20-11-14-7-5-6-8-15(14)19/h5-8,12-13,16H,9-11H2,1-4H3/t13-,16-,17+,18+/m1/s1. The monoisotopic (exact) mass is 308 g/mol. The van der Waals surface area contributed by atoms with Gasteiger partial charge < -0.3 is 9.47 Å². The minimum Gasteiger partial charge on any atom is -0.370 e. The van der Waals surface area contributed by atoms with Crippen LogP contribution >= 0.6 is 11.6 Å². The molecule has 1 aromatic carbocycles. The fraction of sp³-hybridized carbons (Fsp3) is 0.667. The summed E-state index contributed by atoms with van der Waals surface area (Å²) in [6.45, 7) is 9.57. The topological polar surface area (TPSA) is 18.5 Å². The average Bonchev–Trinajstić information content (AvgIpc) is 2.90. The van der Waals surface area contributed by atoms with E-state index in [4.69, 9.17) is 21.1 Å². The summed E-state index contributed by atoms with van der Waals surface area (Å²) in [5.41, 5.74) is 0.890. The zero-order valence-electron chi connectivity index (χ0n) is 13.4. The molecule has 0 N–H and O–H groups in total. The third kappa shape index (κ3) is 2.32. The Labute approximate surface area is 132 Å². The van der Waals surface area contributed by atoms with Gasteiger partial charge in [0, 0.05) is 10.9 Å². The molecule has 3 rings (SSSR count). The van der Waals surface area contributed by atoms with Crippen LogP contribution in [-0.2, 0) is 16.1 Å². The number of fused-ring (bicyclic) bond motifs is 2. The van der Waals surface area contributed by atoms with Crippen molar-refractivity contribution < 1.29 is 9.47 Å². The Hall–Kier alpha value is -0.570. The summed E-state index contributed by atoms with van der Waals surface area (Å²) in [5, 5.41) is 0.776. The Morgan fingerprint density at radius 2 is 2.05 bits per heavy atom. The molecule has 1 aromatic rings. The summed E-state index contributed by atoms with van der Waals surface area (Å²) >= 11 is 6.23. The third-order valence-corrected chi connectivity index (χ3v) is 5.98. The van der Waals surface area contributed by atoms with Gasteiger partial charge in [-0.1, -0.05) is 50.6 Å². The molecule has 4 atom stereocenters. The Kier molecular flexibility index (Phi) is 3.84. The molecular formula is C18H25ClO2. The van der Waals surface area contributed by atoms with E-state index in [1.54, 1.807) is 0 Å². The summed E-state index contributed by atoms with van der Waals surface area (Å²) in [4.78, 5) is 0.